The molecule has 2 amide bonds. The number of anilines is 1. The molecule has 2 fully saturated rings. The Morgan fingerprint density at radius 2 is 2.04 bits per heavy atom. The summed E-state index contributed by atoms with van der Waals surface area (Å²) in [4.78, 5) is 30.4. The number of hydrogen-bond donors (Lipinski definition) is 0. The molecule has 2 saturated heterocycles. The molecule has 0 saturated carbocycles. The Morgan fingerprint density at radius 1 is 1.23 bits per heavy atom. The number of para-hydroxylation sites is 2. The van der Waals surface area contributed by atoms with Crippen LogP contribution in [0.2, 0.25) is 0 Å². The van der Waals surface area contributed by atoms with Crippen molar-refractivity contribution in [1.29, 1.82) is 0 Å². The van der Waals surface area contributed by atoms with Crippen LogP contribution in [-0.2, 0) is 9.59 Å². The normalized spacial score (nSPS) is 20.6. The molecule has 2 heterocycles. The maximum Gasteiger partial charge on any atom is 0.222 e. The second kappa shape index (κ2) is 8.43. The zero-order chi connectivity index (χ0) is 18.5. The zero-order valence-electron chi connectivity index (χ0n) is 15.8. The van der Waals surface area contributed by atoms with Gasteiger partial charge in [0.05, 0.1) is 12.8 Å². The molecule has 0 aromatic heterocycles. The van der Waals surface area contributed by atoms with E-state index in [1.165, 1.54) is 0 Å². The fraction of sp³-hybridized carbons (Fsp3) is 0.600. The van der Waals surface area contributed by atoms with Crippen molar-refractivity contribution in [3.63, 3.8) is 0 Å². The number of rotatable bonds is 6. The van der Waals surface area contributed by atoms with Crippen LogP contribution in [0.15, 0.2) is 24.3 Å². The Bertz CT molecular complexity index is 649. The number of piperazine rings is 1. The SMILES string of the molecule is COc1ccccc1N1CCN(C(=O)CCCN2CCCC2=O)[C@H](C)C1. The van der Waals surface area contributed by atoms with Gasteiger partial charge in [-0.05, 0) is 31.9 Å². The quantitative estimate of drug-likeness (QED) is 0.781. The minimum Gasteiger partial charge on any atom is -0.495 e. The van der Waals surface area contributed by atoms with Crippen LogP contribution in [-0.4, -0.2) is 67.5 Å². The molecule has 2 aliphatic rings. The summed E-state index contributed by atoms with van der Waals surface area (Å²) in [5.41, 5.74) is 1.08. The minimum atomic E-state index is 0.162. The lowest BCUT2D eigenvalue weighted by molar-refractivity contribution is -0.134. The molecule has 1 aromatic rings. The molecule has 6 heteroatoms. The number of carbonyl (C=O) groups excluding carboxylic acids is 2. The molecule has 2 aliphatic heterocycles. The van der Waals surface area contributed by atoms with Gasteiger partial charge in [0.15, 0.2) is 0 Å². The third-order valence-electron chi connectivity index (χ3n) is 5.36. The van der Waals surface area contributed by atoms with E-state index in [0.29, 0.717) is 19.4 Å². The van der Waals surface area contributed by atoms with Crippen molar-refractivity contribution in [2.45, 2.75) is 38.6 Å². The summed E-state index contributed by atoms with van der Waals surface area (Å²) in [7, 11) is 1.69. The van der Waals surface area contributed by atoms with Gasteiger partial charge in [0, 0.05) is 51.6 Å². The molecule has 0 N–H and O–H groups in total. The highest BCUT2D eigenvalue weighted by Gasteiger charge is 2.28. The highest BCUT2D eigenvalue weighted by Crippen LogP contribution is 2.29. The molecule has 3 rings (SSSR count). The fourth-order valence-corrected chi connectivity index (χ4v) is 3.94. The van der Waals surface area contributed by atoms with Gasteiger partial charge in [0.1, 0.15) is 5.75 Å². The maximum atomic E-state index is 12.6. The van der Waals surface area contributed by atoms with Gasteiger partial charge in [0.2, 0.25) is 11.8 Å². The van der Waals surface area contributed by atoms with E-state index in [2.05, 4.69) is 17.9 Å². The second-order valence-corrected chi connectivity index (χ2v) is 7.14. The van der Waals surface area contributed by atoms with E-state index in [-0.39, 0.29) is 17.9 Å². The van der Waals surface area contributed by atoms with Crippen LogP contribution in [0.25, 0.3) is 0 Å². The molecule has 142 valence electrons. The van der Waals surface area contributed by atoms with E-state index >= 15 is 0 Å². The van der Waals surface area contributed by atoms with Gasteiger partial charge in [-0.3, -0.25) is 9.59 Å². The van der Waals surface area contributed by atoms with E-state index in [4.69, 9.17) is 4.74 Å². The van der Waals surface area contributed by atoms with Gasteiger partial charge >= 0.3 is 0 Å². The van der Waals surface area contributed by atoms with E-state index < -0.39 is 0 Å². The van der Waals surface area contributed by atoms with E-state index in [0.717, 1.165) is 50.5 Å². The molecular weight excluding hydrogens is 330 g/mol. The van der Waals surface area contributed by atoms with E-state index in [9.17, 15) is 9.59 Å². The van der Waals surface area contributed by atoms with Gasteiger partial charge < -0.3 is 19.4 Å². The Balaban J connectivity index is 1.50. The maximum absolute atomic E-state index is 12.6. The number of likely N-dealkylation sites (tertiary alicyclic amines) is 1. The lowest BCUT2D eigenvalue weighted by Crippen LogP contribution is -2.54. The van der Waals surface area contributed by atoms with Crippen molar-refractivity contribution in [3.05, 3.63) is 24.3 Å². The first-order valence-corrected chi connectivity index (χ1v) is 9.55. The molecule has 1 atom stereocenters. The predicted molar refractivity (Wildman–Crippen MR) is 101 cm³/mol. The van der Waals surface area contributed by atoms with Gasteiger partial charge in [0.25, 0.3) is 0 Å². The minimum absolute atomic E-state index is 0.162. The van der Waals surface area contributed by atoms with Crippen molar-refractivity contribution in [1.82, 2.24) is 9.80 Å². The van der Waals surface area contributed by atoms with Gasteiger partial charge in [-0.2, -0.15) is 0 Å². The number of amides is 2. The van der Waals surface area contributed by atoms with Crippen molar-refractivity contribution >= 4 is 17.5 Å². The van der Waals surface area contributed by atoms with Crippen LogP contribution < -0.4 is 9.64 Å². The molecule has 0 spiro atoms. The average Bonchev–Trinajstić information content (AvgIpc) is 3.06. The number of hydrogen-bond acceptors (Lipinski definition) is 4. The molecule has 0 bridgehead atoms. The third kappa shape index (κ3) is 4.11. The van der Waals surface area contributed by atoms with E-state index in [1.54, 1.807) is 7.11 Å². The Kier molecular flexibility index (Phi) is 6.01. The summed E-state index contributed by atoms with van der Waals surface area (Å²) in [6, 6.07) is 8.18. The Labute approximate surface area is 155 Å². The summed E-state index contributed by atoms with van der Waals surface area (Å²) in [5.74, 6) is 1.30. The number of carbonyl (C=O) groups is 2. The van der Waals surface area contributed by atoms with Crippen LogP contribution in [0.3, 0.4) is 0 Å². The topological polar surface area (TPSA) is 53.1 Å². The first kappa shape index (κ1) is 18.5. The molecule has 6 nitrogen and oxygen atoms in total. The van der Waals surface area contributed by atoms with Crippen molar-refractivity contribution < 1.29 is 14.3 Å². The van der Waals surface area contributed by atoms with Crippen LogP contribution in [0, 0.1) is 0 Å². The standard InChI is InChI=1S/C20H29N3O3/c1-16-15-22(17-7-3-4-8-18(17)26-2)13-14-23(16)20(25)10-6-12-21-11-5-9-19(21)24/h3-4,7-8,16H,5-6,9-15H2,1-2H3/t16-/m1/s1. The number of ether oxygens (including phenoxy) is 1. The van der Waals surface area contributed by atoms with E-state index in [1.807, 2.05) is 28.0 Å². The molecule has 0 radical (unpaired) electrons. The highest BCUT2D eigenvalue weighted by molar-refractivity contribution is 5.79. The molecule has 0 unspecified atom stereocenters. The zero-order valence-corrected chi connectivity index (χ0v) is 15.8. The summed E-state index contributed by atoms with van der Waals surface area (Å²) in [6.45, 7) is 5.99. The molecule has 26 heavy (non-hydrogen) atoms. The third-order valence-corrected chi connectivity index (χ3v) is 5.36. The van der Waals surface area contributed by atoms with Gasteiger partial charge in [-0.1, -0.05) is 12.1 Å². The van der Waals surface area contributed by atoms with Gasteiger partial charge in [-0.25, -0.2) is 0 Å². The average molecular weight is 359 g/mol. The van der Waals surface area contributed by atoms with Crippen molar-refractivity contribution in [3.8, 4) is 5.75 Å². The lowest BCUT2D eigenvalue weighted by Gasteiger charge is -2.41. The van der Waals surface area contributed by atoms with Crippen molar-refractivity contribution in [2.75, 3.05) is 44.7 Å². The van der Waals surface area contributed by atoms with Gasteiger partial charge in [-0.15, -0.1) is 0 Å². The number of nitrogens with zero attached hydrogens (tertiary/aromatic N) is 3. The van der Waals surface area contributed by atoms with Crippen LogP contribution >= 0.6 is 0 Å². The Hall–Kier alpha value is -2.24. The van der Waals surface area contributed by atoms with Crippen LogP contribution in [0.4, 0.5) is 5.69 Å². The summed E-state index contributed by atoms with van der Waals surface area (Å²) in [5, 5.41) is 0. The number of methoxy groups -OCH3 is 1. The summed E-state index contributed by atoms with van der Waals surface area (Å²) < 4.78 is 5.46. The van der Waals surface area contributed by atoms with Crippen molar-refractivity contribution in [2.24, 2.45) is 0 Å². The molecular formula is C20H29N3O3. The lowest BCUT2D eigenvalue weighted by atomic mass is 10.1. The van der Waals surface area contributed by atoms with Crippen LogP contribution in [0.1, 0.15) is 32.6 Å². The summed E-state index contributed by atoms with van der Waals surface area (Å²) >= 11 is 0. The monoisotopic (exact) mass is 359 g/mol. The fourth-order valence-electron chi connectivity index (χ4n) is 3.94. The number of benzene rings is 1. The highest BCUT2D eigenvalue weighted by atomic mass is 16.5. The molecule has 0 aliphatic carbocycles. The first-order valence-electron chi connectivity index (χ1n) is 9.55. The Morgan fingerprint density at radius 3 is 2.73 bits per heavy atom. The second-order valence-electron chi connectivity index (χ2n) is 7.14. The first-order chi connectivity index (χ1) is 12.6. The molecule has 1 aromatic carbocycles. The largest absolute Gasteiger partial charge is 0.495 e. The van der Waals surface area contributed by atoms with Crippen LogP contribution in [0.5, 0.6) is 5.75 Å². The predicted octanol–water partition coefficient (Wildman–Crippen LogP) is 2.13. The summed E-state index contributed by atoms with van der Waals surface area (Å²) in [6.07, 6.45) is 2.89. The smallest absolute Gasteiger partial charge is 0.222 e.